The van der Waals surface area contributed by atoms with E-state index in [2.05, 4.69) is 37.0 Å². The first-order valence-electron chi connectivity index (χ1n) is 11.6. The third-order valence-electron chi connectivity index (χ3n) is 6.82. The van der Waals surface area contributed by atoms with Crippen molar-refractivity contribution in [1.82, 2.24) is 14.5 Å². The number of nitrogens with zero attached hydrogens (tertiary/aromatic N) is 2. The molecule has 0 bridgehead atoms. The Balaban J connectivity index is 1.39. The zero-order chi connectivity index (χ0) is 23.8. The van der Waals surface area contributed by atoms with E-state index in [0.717, 1.165) is 17.4 Å². The monoisotopic (exact) mass is 453 g/mol. The second-order valence-corrected chi connectivity index (χ2v) is 9.09. The van der Waals surface area contributed by atoms with E-state index in [9.17, 15) is 14.4 Å². The summed E-state index contributed by atoms with van der Waals surface area (Å²) < 4.78 is 1.11. The van der Waals surface area contributed by atoms with Crippen molar-refractivity contribution in [2.75, 3.05) is 13.1 Å². The van der Waals surface area contributed by atoms with Gasteiger partial charge in [-0.2, -0.15) is 0 Å². The lowest BCUT2D eigenvalue weighted by Gasteiger charge is -2.33. The third-order valence-corrected chi connectivity index (χ3v) is 6.82. The van der Waals surface area contributed by atoms with Gasteiger partial charge in [0.05, 0.1) is 16.6 Å². The average Bonchev–Trinajstić information content (AvgIpc) is 2.85. The van der Waals surface area contributed by atoms with Crippen LogP contribution in [0.4, 0.5) is 0 Å². The first-order valence-corrected chi connectivity index (χ1v) is 11.6. The smallest absolute Gasteiger partial charge is 0.333 e. The normalized spacial score (nSPS) is 14.5. The van der Waals surface area contributed by atoms with E-state index in [1.54, 1.807) is 42.5 Å². The summed E-state index contributed by atoms with van der Waals surface area (Å²) in [5.41, 5.74) is 4.36. The largest absolute Gasteiger partial charge is 0.339 e. The van der Waals surface area contributed by atoms with Crippen LogP contribution in [-0.4, -0.2) is 33.4 Å². The highest BCUT2D eigenvalue weighted by Crippen LogP contribution is 2.31. The molecule has 1 amide bonds. The van der Waals surface area contributed by atoms with Crippen molar-refractivity contribution in [3.8, 4) is 5.69 Å². The number of nitrogens with one attached hydrogen (secondary N) is 1. The summed E-state index contributed by atoms with van der Waals surface area (Å²) in [7, 11) is 0. The number of H-pyrrole nitrogens is 1. The summed E-state index contributed by atoms with van der Waals surface area (Å²) in [6.07, 6.45) is 1.84. The highest BCUT2D eigenvalue weighted by atomic mass is 16.2. The van der Waals surface area contributed by atoms with Crippen LogP contribution in [0.15, 0.2) is 76.3 Å². The van der Waals surface area contributed by atoms with Crippen LogP contribution in [0.5, 0.6) is 0 Å². The topological polar surface area (TPSA) is 75.2 Å². The molecule has 3 aromatic carbocycles. The maximum absolute atomic E-state index is 13.2. The van der Waals surface area contributed by atoms with Gasteiger partial charge in [0.1, 0.15) is 0 Å². The van der Waals surface area contributed by atoms with Gasteiger partial charge in [-0.25, -0.2) is 9.36 Å². The molecule has 2 heterocycles. The highest BCUT2D eigenvalue weighted by molar-refractivity contribution is 5.97. The first-order chi connectivity index (χ1) is 16.4. The van der Waals surface area contributed by atoms with Crippen molar-refractivity contribution < 1.29 is 4.79 Å². The number of aromatic nitrogens is 2. The molecule has 0 atom stereocenters. The number of carbonyl (C=O) groups is 1. The molecule has 1 aliphatic heterocycles. The summed E-state index contributed by atoms with van der Waals surface area (Å²) in [4.78, 5) is 43.5. The molecule has 1 aromatic heterocycles. The molecule has 5 rings (SSSR count). The van der Waals surface area contributed by atoms with Gasteiger partial charge in [0.15, 0.2) is 0 Å². The minimum absolute atomic E-state index is 0.0746. The molecule has 0 saturated carbocycles. The number of fused-ring (bicyclic) bond motifs is 1. The van der Waals surface area contributed by atoms with Crippen LogP contribution in [0.25, 0.3) is 16.6 Å². The van der Waals surface area contributed by atoms with Gasteiger partial charge in [-0.05, 0) is 74.1 Å². The van der Waals surface area contributed by atoms with Gasteiger partial charge < -0.3 is 9.88 Å². The molecule has 0 radical (unpaired) electrons. The summed E-state index contributed by atoms with van der Waals surface area (Å²) in [5, 5.41) is 0.369. The van der Waals surface area contributed by atoms with Gasteiger partial charge in [-0.3, -0.25) is 9.59 Å². The number of piperidine rings is 1. The molecule has 0 unspecified atom stereocenters. The Labute approximate surface area is 197 Å². The summed E-state index contributed by atoms with van der Waals surface area (Å²) in [6, 6.07) is 20.3. The second kappa shape index (κ2) is 8.78. The van der Waals surface area contributed by atoms with Crippen LogP contribution >= 0.6 is 0 Å². The number of aromatic amines is 1. The summed E-state index contributed by atoms with van der Waals surface area (Å²) in [5.74, 6) is 0.378. The molecule has 6 heteroatoms. The standard InChI is InChI=1S/C28H27N3O3/c1-18-8-9-19(2)24(16-18)20-12-14-30(15-13-20)26(32)21-10-11-23-25(17-21)29-28(34)31(27(23)33)22-6-4-3-5-7-22/h3-11,16-17,20H,12-15H2,1-2H3,(H,29,34). The number of amides is 1. The van der Waals surface area contributed by atoms with Crippen LogP contribution in [-0.2, 0) is 0 Å². The first kappa shape index (κ1) is 21.9. The van der Waals surface area contributed by atoms with Crippen molar-refractivity contribution in [1.29, 1.82) is 0 Å². The number of hydrogen-bond donors (Lipinski definition) is 1. The lowest BCUT2D eigenvalue weighted by molar-refractivity contribution is 0.0713. The molecule has 1 fully saturated rings. The Morgan fingerprint density at radius 3 is 2.38 bits per heavy atom. The van der Waals surface area contributed by atoms with E-state index in [4.69, 9.17) is 0 Å². The molecule has 1 N–H and O–H groups in total. The van der Waals surface area contributed by atoms with E-state index in [0.29, 0.717) is 41.2 Å². The number of likely N-dealkylation sites (tertiary alicyclic amines) is 1. The number of aryl methyl sites for hydroxylation is 2. The summed E-state index contributed by atoms with van der Waals surface area (Å²) in [6.45, 7) is 5.62. The van der Waals surface area contributed by atoms with Gasteiger partial charge in [0, 0.05) is 18.7 Å². The maximum atomic E-state index is 13.2. The lowest BCUT2D eigenvalue weighted by atomic mass is 9.86. The van der Waals surface area contributed by atoms with Crippen molar-refractivity contribution in [3.63, 3.8) is 0 Å². The molecule has 1 saturated heterocycles. The van der Waals surface area contributed by atoms with E-state index < -0.39 is 11.2 Å². The molecule has 0 aliphatic carbocycles. The Hall–Kier alpha value is -3.93. The van der Waals surface area contributed by atoms with Gasteiger partial charge in [-0.1, -0.05) is 42.0 Å². The van der Waals surface area contributed by atoms with Crippen LogP contribution < -0.4 is 11.2 Å². The predicted molar refractivity (Wildman–Crippen MR) is 134 cm³/mol. The van der Waals surface area contributed by atoms with Crippen LogP contribution in [0.1, 0.15) is 45.8 Å². The Kier molecular flexibility index (Phi) is 5.65. The molecular formula is C28H27N3O3. The van der Waals surface area contributed by atoms with E-state index in [-0.39, 0.29) is 5.91 Å². The SMILES string of the molecule is Cc1ccc(C)c(C2CCN(C(=O)c3ccc4c(=O)n(-c5ccccc5)c(=O)[nH]c4c3)CC2)c1. The van der Waals surface area contributed by atoms with Crippen molar-refractivity contribution in [2.45, 2.75) is 32.6 Å². The Bertz CT molecular complexity index is 1490. The molecule has 0 spiro atoms. The zero-order valence-electron chi connectivity index (χ0n) is 19.4. The van der Waals surface area contributed by atoms with Crippen molar-refractivity contribution in [2.24, 2.45) is 0 Å². The molecule has 1 aliphatic rings. The van der Waals surface area contributed by atoms with Gasteiger partial charge >= 0.3 is 5.69 Å². The molecule has 4 aromatic rings. The highest BCUT2D eigenvalue weighted by Gasteiger charge is 2.26. The molecule has 6 nitrogen and oxygen atoms in total. The van der Waals surface area contributed by atoms with E-state index >= 15 is 0 Å². The Morgan fingerprint density at radius 2 is 1.65 bits per heavy atom. The minimum Gasteiger partial charge on any atom is -0.339 e. The minimum atomic E-state index is -0.525. The molecule has 34 heavy (non-hydrogen) atoms. The fourth-order valence-electron chi connectivity index (χ4n) is 4.94. The fourth-order valence-corrected chi connectivity index (χ4v) is 4.94. The van der Waals surface area contributed by atoms with Gasteiger partial charge in [0.25, 0.3) is 11.5 Å². The Morgan fingerprint density at radius 1 is 0.912 bits per heavy atom. The number of para-hydroxylation sites is 1. The van der Waals surface area contributed by atoms with Crippen LogP contribution in [0, 0.1) is 13.8 Å². The third kappa shape index (κ3) is 3.96. The van der Waals surface area contributed by atoms with E-state index in [1.165, 1.54) is 16.7 Å². The molecule has 172 valence electrons. The lowest BCUT2D eigenvalue weighted by Crippen LogP contribution is -2.38. The van der Waals surface area contributed by atoms with Crippen LogP contribution in [0.3, 0.4) is 0 Å². The number of hydrogen-bond acceptors (Lipinski definition) is 3. The van der Waals surface area contributed by atoms with E-state index in [1.807, 2.05) is 11.0 Å². The molecular weight excluding hydrogens is 426 g/mol. The number of benzene rings is 3. The average molecular weight is 454 g/mol. The van der Waals surface area contributed by atoms with Crippen molar-refractivity contribution in [3.05, 3.63) is 110 Å². The van der Waals surface area contributed by atoms with Gasteiger partial charge in [0.2, 0.25) is 0 Å². The quantitative estimate of drug-likeness (QED) is 0.502. The van der Waals surface area contributed by atoms with Gasteiger partial charge in [-0.15, -0.1) is 0 Å². The summed E-state index contributed by atoms with van der Waals surface area (Å²) >= 11 is 0. The number of rotatable bonds is 3. The zero-order valence-corrected chi connectivity index (χ0v) is 19.4. The fraction of sp³-hybridized carbons (Fsp3) is 0.250. The van der Waals surface area contributed by atoms with Crippen molar-refractivity contribution >= 4 is 16.8 Å². The maximum Gasteiger partial charge on any atom is 0.333 e. The van der Waals surface area contributed by atoms with Crippen LogP contribution in [0.2, 0.25) is 0 Å². The second-order valence-electron chi connectivity index (χ2n) is 9.09. The predicted octanol–water partition coefficient (Wildman–Crippen LogP) is 4.32. The number of carbonyl (C=O) groups excluding carboxylic acids is 1.